The van der Waals surface area contributed by atoms with E-state index < -0.39 is 0 Å². The molecule has 0 aliphatic rings. The molecule has 0 aliphatic carbocycles. The molecule has 1 N–H and O–H groups in total. The highest BCUT2D eigenvalue weighted by molar-refractivity contribution is 7.09. The van der Waals surface area contributed by atoms with Gasteiger partial charge in [0.2, 0.25) is 5.13 Å². The Morgan fingerprint density at radius 3 is 2.47 bits per heavy atom. The fourth-order valence-electron chi connectivity index (χ4n) is 1.48. The maximum Gasteiger partial charge on any atom is 0.202 e. The third-order valence-electron chi connectivity index (χ3n) is 2.27. The lowest BCUT2D eigenvalue weighted by atomic mass is 9.90. The van der Waals surface area contributed by atoms with Crippen LogP contribution in [0.3, 0.4) is 0 Å². The molecule has 1 atom stereocenters. The molecule has 3 nitrogen and oxygen atoms in total. The van der Waals surface area contributed by atoms with Crippen LogP contribution in [0.25, 0.3) is 0 Å². The zero-order chi connectivity index (χ0) is 13.1. The molecular weight excluding hydrogens is 254 g/mol. The Labute approximate surface area is 113 Å². The summed E-state index contributed by atoms with van der Waals surface area (Å²) in [7, 11) is 0. The molecule has 0 spiro atoms. The predicted octanol–water partition coefficient (Wildman–Crippen LogP) is 4.12. The Morgan fingerprint density at radius 2 is 2.00 bits per heavy atom. The van der Waals surface area contributed by atoms with Gasteiger partial charge in [0.05, 0.1) is 5.38 Å². The summed E-state index contributed by atoms with van der Waals surface area (Å²) in [4.78, 5) is 4.42. The molecule has 17 heavy (non-hydrogen) atoms. The van der Waals surface area contributed by atoms with E-state index in [-0.39, 0.29) is 10.8 Å². The van der Waals surface area contributed by atoms with Gasteiger partial charge in [-0.1, -0.05) is 34.6 Å². The normalized spacial score (nSPS) is 14.1. The van der Waals surface area contributed by atoms with Crippen molar-refractivity contribution in [3.05, 3.63) is 5.82 Å². The number of halogens is 1. The van der Waals surface area contributed by atoms with Crippen LogP contribution in [0.4, 0.5) is 5.13 Å². The first kappa shape index (κ1) is 14.7. The zero-order valence-electron chi connectivity index (χ0n) is 11.2. The first-order valence-corrected chi connectivity index (χ1v) is 7.20. The molecule has 0 saturated heterocycles. The SMILES string of the molecule is CC(C)c1nsc(NCC(Cl)CC(C)(C)C)n1. The number of hydrogen-bond acceptors (Lipinski definition) is 4. The molecule has 1 rings (SSSR count). The molecular formula is C12H22ClN3S. The Bertz CT molecular complexity index is 344. The van der Waals surface area contributed by atoms with E-state index in [2.05, 4.69) is 49.3 Å². The summed E-state index contributed by atoms with van der Waals surface area (Å²) in [6.45, 7) is 11.5. The fraction of sp³-hybridized carbons (Fsp3) is 0.833. The number of nitrogens with one attached hydrogen (secondary N) is 1. The van der Waals surface area contributed by atoms with E-state index in [1.54, 1.807) is 0 Å². The largest absolute Gasteiger partial charge is 0.359 e. The van der Waals surface area contributed by atoms with Crippen LogP contribution in [0.15, 0.2) is 0 Å². The summed E-state index contributed by atoms with van der Waals surface area (Å²) in [5.41, 5.74) is 0.262. The Hall–Kier alpha value is -0.350. The maximum atomic E-state index is 6.28. The molecule has 1 aromatic rings. The van der Waals surface area contributed by atoms with Gasteiger partial charge in [-0.2, -0.15) is 4.37 Å². The minimum atomic E-state index is 0.126. The topological polar surface area (TPSA) is 37.8 Å². The number of nitrogens with zero attached hydrogens (tertiary/aromatic N) is 2. The Morgan fingerprint density at radius 1 is 1.35 bits per heavy atom. The molecule has 1 unspecified atom stereocenters. The minimum Gasteiger partial charge on any atom is -0.359 e. The molecule has 0 saturated carbocycles. The quantitative estimate of drug-likeness (QED) is 0.822. The van der Waals surface area contributed by atoms with Crippen LogP contribution in [-0.2, 0) is 0 Å². The van der Waals surface area contributed by atoms with Crippen molar-refractivity contribution in [3.8, 4) is 0 Å². The molecule has 98 valence electrons. The van der Waals surface area contributed by atoms with Gasteiger partial charge in [0.25, 0.3) is 0 Å². The number of anilines is 1. The summed E-state index contributed by atoms with van der Waals surface area (Å²) in [6.07, 6.45) is 0.984. The lowest BCUT2D eigenvalue weighted by molar-refractivity contribution is 0.373. The lowest BCUT2D eigenvalue weighted by Gasteiger charge is -2.21. The van der Waals surface area contributed by atoms with Crippen LogP contribution >= 0.6 is 23.1 Å². The highest BCUT2D eigenvalue weighted by Crippen LogP contribution is 2.24. The summed E-state index contributed by atoms with van der Waals surface area (Å²) in [5.74, 6) is 1.28. The molecule has 0 radical (unpaired) electrons. The smallest absolute Gasteiger partial charge is 0.202 e. The summed E-state index contributed by atoms with van der Waals surface area (Å²) < 4.78 is 4.29. The molecule has 0 bridgehead atoms. The number of aromatic nitrogens is 2. The van der Waals surface area contributed by atoms with Gasteiger partial charge in [-0.25, -0.2) is 4.98 Å². The number of alkyl halides is 1. The van der Waals surface area contributed by atoms with Gasteiger partial charge in [-0.15, -0.1) is 11.6 Å². The number of hydrogen-bond donors (Lipinski definition) is 1. The van der Waals surface area contributed by atoms with E-state index >= 15 is 0 Å². The summed E-state index contributed by atoms with van der Waals surface area (Å²) >= 11 is 7.69. The van der Waals surface area contributed by atoms with Crippen LogP contribution < -0.4 is 5.32 Å². The van der Waals surface area contributed by atoms with Gasteiger partial charge in [0.15, 0.2) is 0 Å². The standard InChI is InChI=1S/C12H22ClN3S/c1-8(2)10-15-11(17-16-10)14-7-9(13)6-12(3,4)5/h8-9H,6-7H2,1-5H3,(H,14,15,16). The van der Waals surface area contributed by atoms with E-state index in [4.69, 9.17) is 11.6 Å². The van der Waals surface area contributed by atoms with E-state index in [1.165, 1.54) is 11.5 Å². The second kappa shape index (κ2) is 6.01. The maximum absolute atomic E-state index is 6.28. The highest BCUT2D eigenvalue weighted by Gasteiger charge is 2.17. The van der Waals surface area contributed by atoms with Gasteiger partial charge in [-0.05, 0) is 11.8 Å². The molecule has 0 amide bonds. The van der Waals surface area contributed by atoms with E-state index in [0.717, 1.165) is 23.9 Å². The molecule has 1 heterocycles. The summed E-state index contributed by atoms with van der Waals surface area (Å²) in [6, 6.07) is 0. The van der Waals surface area contributed by atoms with E-state index in [1.807, 2.05) is 0 Å². The Balaban J connectivity index is 2.39. The van der Waals surface area contributed by atoms with E-state index in [0.29, 0.717) is 5.92 Å². The first-order chi connectivity index (χ1) is 7.78. The van der Waals surface area contributed by atoms with Crippen molar-refractivity contribution in [2.24, 2.45) is 5.41 Å². The molecule has 0 fully saturated rings. The molecule has 1 aromatic heterocycles. The van der Waals surface area contributed by atoms with Gasteiger partial charge in [-0.3, -0.25) is 0 Å². The first-order valence-electron chi connectivity index (χ1n) is 5.99. The van der Waals surface area contributed by atoms with Crippen LogP contribution in [-0.4, -0.2) is 21.3 Å². The van der Waals surface area contributed by atoms with Crippen LogP contribution in [0, 0.1) is 5.41 Å². The average Bonchev–Trinajstić information content (AvgIpc) is 2.60. The third-order valence-corrected chi connectivity index (χ3v) is 3.26. The molecule has 0 aromatic carbocycles. The fourth-order valence-corrected chi connectivity index (χ4v) is 2.73. The highest BCUT2D eigenvalue weighted by atomic mass is 35.5. The van der Waals surface area contributed by atoms with Crippen molar-refractivity contribution in [1.82, 2.24) is 9.36 Å². The van der Waals surface area contributed by atoms with Crippen LogP contribution in [0.2, 0.25) is 0 Å². The summed E-state index contributed by atoms with van der Waals surface area (Å²) in [5, 5.41) is 4.25. The predicted molar refractivity (Wildman–Crippen MR) is 76.2 cm³/mol. The van der Waals surface area contributed by atoms with Gasteiger partial charge in [0, 0.05) is 24.0 Å². The molecule has 0 aliphatic heterocycles. The number of rotatable bonds is 5. The third kappa shape index (κ3) is 5.68. The van der Waals surface area contributed by atoms with Crippen LogP contribution in [0.5, 0.6) is 0 Å². The van der Waals surface area contributed by atoms with Crippen LogP contribution in [0.1, 0.15) is 52.8 Å². The minimum absolute atomic E-state index is 0.126. The van der Waals surface area contributed by atoms with Gasteiger partial charge < -0.3 is 5.32 Å². The zero-order valence-corrected chi connectivity index (χ0v) is 12.8. The van der Waals surface area contributed by atoms with Gasteiger partial charge in [0.1, 0.15) is 5.82 Å². The Kier molecular flexibility index (Phi) is 5.20. The van der Waals surface area contributed by atoms with Crippen molar-refractivity contribution < 1.29 is 0 Å². The van der Waals surface area contributed by atoms with Gasteiger partial charge >= 0.3 is 0 Å². The van der Waals surface area contributed by atoms with Crippen molar-refractivity contribution >= 4 is 28.3 Å². The van der Waals surface area contributed by atoms with Crippen molar-refractivity contribution in [2.75, 3.05) is 11.9 Å². The second-order valence-electron chi connectivity index (χ2n) is 5.86. The monoisotopic (exact) mass is 275 g/mol. The van der Waals surface area contributed by atoms with E-state index in [9.17, 15) is 0 Å². The van der Waals surface area contributed by atoms with Crippen molar-refractivity contribution in [3.63, 3.8) is 0 Å². The lowest BCUT2D eigenvalue weighted by Crippen LogP contribution is -2.20. The second-order valence-corrected chi connectivity index (χ2v) is 7.22. The average molecular weight is 276 g/mol. The van der Waals surface area contributed by atoms with Crippen molar-refractivity contribution in [1.29, 1.82) is 0 Å². The van der Waals surface area contributed by atoms with Crippen molar-refractivity contribution in [2.45, 2.75) is 52.3 Å². The molecule has 5 heteroatoms.